The van der Waals surface area contributed by atoms with E-state index < -0.39 is 31.8 Å². The molecule has 0 radical (unpaired) electrons. The highest BCUT2D eigenvalue weighted by Crippen LogP contribution is 2.13. The van der Waals surface area contributed by atoms with Crippen molar-refractivity contribution in [2.24, 2.45) is 5.92 Å². The molecule has 0 heterocycles. The number of rotatable bonds is 8. The van der Waals surface area contributed by atoms with E-state index in [4.69, 9.17) is 14.6 Å². The molecule has 0 saturated carbocycles. The molecule has 122 valence electrons. The Morgan fingerprint density at radius 1 is 1.27 bits per heavy atom. The number of nitrogens with one attached hydrogen (secondary N) is 1. The number of ether oxygens (including phenoxy) is 1. The molecule has 0 aliphatic heterocycles. The fourth-order valence-electron chi connectivity index (χ4n) is 1.57. The van der Waals surface area contributed by atoms with E-state index in [-0.39, 0.29) is 13.2 Å². The first-order valence-electron chi connectivity index (χ1n) is 6.12. The van der Waals surface area contributed by atoms with E-state index in [0.717, 1.165) is 6.26 Å². The van der Waals surface area contributed by atoms with Gasteiger partial charge in [-0.15, -0.1) is 0 Å². The minimum Gasteiger partial charge on any atom is -0.493 e. The van der Waals surface area contributed by atoms with E-state index >= 15 is 0 Å². The fourth-order valence-corrected chi connectivity index (χ4v) is 2.92. The van der Waals surface area contributed by atoms with Crippen molar-refractivity contribution in [2.75, 3.05) is 25.2 Å². The zero-order chi connectivity index (χ0) is 16.8. The first-order chi connectivity index (χ1) is 10.1. The van der Waals surface area contributed by atoms with Crippen molar-refractivity contribution in [1.82, 2.24) is 4.72 Å². The smallest absolute Gasteiger partial charge is 0.265 e. The molecule has 1 atom stereocenters. The lowest BCUT2D eigenvalue weighted by atomic mass is 10.2. The highest BCUT2D eigenvalue weighted by molar-refractivity contribution is 7.88. The quantitative estimate of drug-likeness (QED) is 0.631. The molecule has 0 aliphatic rings. The molecule has 1 unspecified atom stereocenters. The Hall–Kier alpha value is -1.67. The van der Waals surface area contributed by atoms with Crippen LogP contribution in [0.2, 0.25) is 0 Å². The van der Waals surface area contributed by atoms with Gasteiger partial charge in [0.2, 0.25) is 10.0 Å². The van der Waals surface area contributed by atoms with E-state index in [0.29, 0.717) is 11.3 Å². The number of nitrogens with zero attached hydrogens (tertiary/aromatic N) is 1. The van der Waals surface area contributed by atoms with Crippen LogP contribution in [0.25, 0.3) is 0 Å². The molecule has 0 amide bonds. The second kappa shape index (κ2) is 7.55. The summed E-state index contributed by atoms with van der Waals surface area (Å²) in [4.78, 5) is 0. The van der Waals surface area contributed by atoms with Gasteiger partial charge in [0.1, 0.15) is 5.75 Å². The number of benzene rings is 1. The summed E-state index contributed by atoms with van der Waals surface area (Å²) in [5, 5.41) is 8.67. The predicted molar refractivity (Wildman–Crippen MR) is 79.4 cm³/mol. The van der Waals surface area contributed by atoms with Crippen LogP contribution in [0.15, 0.2) is 24.3 Å². The van der Waals surface area contributed by atoms with Crippen LogP contribution in [0.4, 0.5) is 0 Å². The summed E-state index contributed by atoms with van der Waals surface area (Å²) in [5.41, 5.74) is 0.445. The van der Waals surface area contributed by atoms with Crippen molar-refractivity contribution in [1.29, 1.82) is 5.26 Å². The molecule has 1 aromatic carbocycles. The molecule has 0 spiro atoms. The molecule has 1 aromatic rings. The Morgan fingerprint density at radius 3 is 2.32 bits per heavy atom. The molecule has 8 nitrogen and oxygen atoms in total. The van der Waals surface area contributed by atoms with Gasteiger partial charge in [-0.1, -0.05) is 0 Å². The summed E-state index contributed by atoms with van der Waals surface area (Å²) in [7, 11) is -7.75. The van der Waals surface area contributed by atoms with Crippen LogP contribution < -0.4 is 9.46 Å². The standard InChI is InChI=1S/C12H16N2O6S2/c1-21(15,16)14-7-11(9-22(17,18)19)8-20-12-4-2-10(6-13)3-5-12/h2-5,11,14H,7-9H2,1H3,(H,17,18,19). The second-order valence-electron chi connectivity index (χ2n) is 4.68. The summed E-state index contributed by atoms with van der Waals surface area (Å²) in [6, 6.07) is 8.07. The van der Waals surface area contributed by atoms with E-state index in [1.165, 1.54) is 24.3 Å². The normalized spacial score (nSPS) is 13.3. The third kappa shape index (κ3) is 7.94. The maximum Gasteiger partial charge on any atom is 0.265 e. The highest BCUT2D eigenvalue weighted by atomic mass is 32.2. The number of hydrogen-bond donors (Lipinski definition) is 2. The summed E-state index contributed by atoms with van der Waals surface area (Å²) >= 11 is 0. The van der Waals surface area contributed by atoms with E-state index in [9.17, 15) is 16.8 Å². The van der Waals surface area contributed by atoms with Gasteiger partial charge >= 0.3 is 0 Å². The fraction of sp³-hybridized carbons (Fsp3) is 0.417. The molecule has 0 aromatic heterocycles. The average molecular weight is 348 g/mol. The molecule has 0 saturated heterocycles. The third-order valence-electron chi connectivity index (χ3n) is 2.55. The van der Waals surface area contributed by atoms with Gasteiger partial charge in [0.05, 0.1) is 30.2 Å². The van der Waals surface area contributed by atoms with Crippen LogP contribution in [0, 0.1) is 17.2 Å². The van der Waals surface area contributed by atoms with Gasteiger partial charge in [0.15, 0.2) is 0 Å². The van der Waals surface area contributed by atoms with Crippen LogP contribution in [-0.4, -0.2) is 46.5 Å². The molecule has 10 heteroatoms. The van der Waals surface area contributed by atoms with Crippen LogP contribution in [0.5, 0.6) is 5.75 Å². The van der Waals surface area contributed by atoms with Gasteiger partial charge in [-0.25, -0.2) is 13.1 Å². The van der Waals surface area contributed by atoms with Gasteiger partial charge in [-0.2, -0.15) is 13.7 Å². The summed E-state index contributed by atoms with van der Waals surface area (Å²) in [6.45, 7) is -0.302. The number of sulfonamides is 1. The lowest BCUT2D eigenvalue weighted by Crippen LogP contribution is -2.35. The van der Waals surface area contributed by atoms with Crippen molar-refractivity contribution in [3.8, 4) is 11.8 Å². The van der Waals surface area contributed by atoms with Crippen molar-refractivity contribution in [3.63, 3.8) is 0 Å². The predicted octanol–water partition coefficient (Wildman–Crippen LogP) is -0.00972. The summed E-state index contributed by atoms with van der Waals surface area (Å²) < 4.78 is 60.4. The van der Waals surface area contributed by atoms with Gasteiger partial charge in [0.25, 0.3) is 10.1 Å². The Kier molecular flexibility index (Phi) is 6.31. The molecule has 1 rings (SSSR count). The van der Waals surface area contributed by atoms with Gasteiger partial charge < -0.3 is 4.74 Å². The lowest BCUT2D eigenvalue weighted by molar-refractivity contribution is 0.259. The molecular formula is C12H16N2O6S2. The Bertz CT molecular complexity index is 735. The van der Waals surface area contributed by atoms with Crippen molar-refractivity contribution < 1.29 is 26.1 Å². The van der Waals surface area contributed by atoms with Crippen LogP contribution in [0.3, 0.4) is 0 Å². The first-order valence-corrected chi connectivity index (χ1v) is 9.62. The van der Waals surface area contributed by atoms with Gasteiger partial charge in [-0.3, -0.25) is 4.55 Å². The van der Waals surface area contributed by atoms with E-state index in [1.807, 2.05) is 6.07 Å². The Balaban J connectivity index is 2.68. The van der Waals surface area contributed by atoms with Crippen LogP contribution in [0.1, 0.15) is 5.56 Å². The van der Waals surface area contributed by atoms with Crippen LogP contribution in [-0.2, 0) is 20.1 Å². The monoisotopic (exact) mass is 348 g/mol. The number of nitriles is 1. The third-order valence-corrected chi connectivity index (χ3v) is 4.13. The SMILES string of the molecule is CS(=O)(=O)NCC(COc1ccc(C#N)cc1)CS(=O)(=O)O. The molecule has 0 fully saturated rings. The lowest BCUT2D eigenvalue weighted by Gasteiger charge is -2.16. The molecular weight excluding hydrogens is 332 g/mol. The van der Waals surface area contributed by atoms with Crippen molar-refractivity contribution in [3.05, 3.63) is 29.8 Å². The Morgan fingerprint density at radius 2 is 1.86 bits per heavy atom. The highest BCUT2D eigenvalue weighted by Gasteiger charge is 2.19. The Labute approximate surface area is 129 Å². The van der Waals surface area contributed by atoms with Gasteiger partial charge in [0, 0.05) is 12.5 Å². The zero-order valence-corrected chi connectivity index (χ0v) is 13.4. The maximum absolute atomic E-state index is 11.1. The van der Waals surface area contributed by atoms with Crippen molar-refractivity contribution >= 4 is 20.1 Å². The summed E-state index contributed by atoms with van der Waals surface area (Å²) in [6.07, 6.45) is 0.943. The van der Waals surface area contributed by atoms with Crippen molar-refractivity contribution in [2.45, 2.75) is 0 Å². The van der Waals surface area contributed by atoms with Gasteiger partial charge in [-0.05, 0) is 24.3 Å². The second-order valence-corrected chi connectivity index (χ2v) is 8.01. The molecule has 0 aliphatic carbocycles. The molecule has 22 heavy (non-hydrogen) atoms. The molecule has 0 bridgehead atoms. The van der Waals surface area contributed by atoms with E-state index in [1.54, 1.807) is 0 Å². The zero-order valence-electron chi connectivity index (χ0n) is 11.8. The summed E-state index contributed by atoms with van der Waals surface area (Å²) in [5.74, 6) is -0.995. The average Bonchev–Trinajstić information content (AvgIpc) is 2.40. The first kappa shape index (κ1) is 18.4. The van der Waals surface area contributed by atoms with E-state index in [2.05, 4.69) is 4.72 Å². The topological polar surface area (TPSA) is 134 Å². The minimum atomic E-state index is -4.26. The molecule has 2 N–H and O–H groups in total. The maximum atomic E-state index is 11.1. The number of hydrogen-bond acceptors (Lipinski definition) is 6. The van der Waals surface area contributed by atoms with Crippen LogP contribution >= 0.6 is 0 Å². The largest absolute Gasteiger partial charge is 0.493 e. The minimum absolute atomic E-state index is 0.117.